The van der Waals surface area contributed by atoms with Gasteiger partial charge in [0.1, 0.15) is 0 Å². The maximum absolute atomic E-state index is 12.8. The first-order chi connectivity index (χ1) is 15.4. The Morgan fingerprint density at radius 2 is 1.88 bits per heavy atom. The fourth-order valence-electron chi connectivity index (χ4n) is 3.78. The Kier molecular flexibility index (Phi) is 8.84. The minimum atomic E-state index is -0.0544. The maximum Gasteiger partial charge on any atom is 0.253 e. The summed E-state index contributed by atoms with van der Waals surface area (Å²) in [6.45, 7) is 13.7. The van der Waals surface area contributed by atoms with E-state index in [4.69, 9.17) is 12.2 Å². The third-order valence-electron chi connectivity index (χ3n) is 5.93. The molecule has 0 saturated carbocycles. The molecule has 0 atom stereocenters. The molecule has 3 rings (SSSR count). The van der Waals surface area contributed by atoms with Crippen LogP contribution in [0, 0.1) is 13.8 Å². The second-order valence-electron chi connectivity index (χ2n) is 8.20. The lowest BCUT2D eigenvalue weighted by molar-refractivity contribution is 0.299. The quantitative estimate of drug-likeness (QED) is 0.329. The van der Waals surface area contributed by atoms with Crippen molar-refractivity contribution >= 4 is 39.6 Å². The summed E-state index contributed by atoms with van der Waals surface area (Å²) >= 11 is 7.46. The number of nitrogens with zero attached hydrogens (tertiary/aromatic N) is 2. The summed E-state index contributed by atoms with van der Waals surface area (Å²) in [5, 5.41) is 7.23. The molecule has 5 nitrogen and oxygen atoms in total. The summed E-state index contributed by atoms with van der Waals surface area (Å²) in [5.41, 5.74) is 3.95. The summed E-state index contributed by atoms with van der Waals surface area (Å²) in [6.07, 6.45) is 1.03. The summed E-state index contributed by atoms with van der Waals surface area (Å²) in [7, 11) is 0. The lowest BCUT2D eigenvalue weighted by atomic mass is 10.0. The molecule has 0 bridgehead atoms. The van der Waals surface area contributed by atoms with E-state index in [0.29, 0.717) is 18.2 Å². The minimum Gasteiger partial charge on any atom is -0.363 e. The molecule has 1 aromatic carbocycles. The molecule has 0 radical (unpaired) electrons. The van der Waals surface area contributed by atoms with E-state index in [9.17, 15) is 4.79 Å². The molecule has 0 amide bonds. The van der Waals surface area contributed by atoms with Crippen LogP contribution in [0.2, 0.25) is 0 Å². The van der Waals surface area contributed by atoms with Crippen LogP contribution in [0.3, 0.4) is 0 Å². The van der Waals surface area contributed by atoms with E-state index in [2.05, 4.69) is 65.3 Å². The predicted octanol–water partition coefficient (Wildman–Crippen LogP) is 4.82. The van der Waals surface area contributed by atoms with Crippen LogP contribution in [0.1, 0.15) is 41.8 Å². The molecule has 0 fully saturated rings. The maximum atomic E-state index is 12.8. The average Bonchev–Trinajstić information content (AvgIpc) is 3.28. The van der Waals surface area contributed by atoms with Crippen molar-refractivity contribution < 1.29 is 0 Å². The number of aromatic nitrogens is 1. The summed E-state index contributed by atoms with van der Waals surface area (Å²) in [6, 6.07) is 10.3. The number of thiocarbonyl (C=S) groups is 1. The van der Waals surface area contributed by atoms with Crippen LogP contribution in [0.4, 0.5) is 0 Å². The van der Waals surface area contributed by atoms with Gasteiger partial charge in [-0.15, -0.1) is 11.3 Å². The Bertz CT molecular complexity index is 1090. The van der Waals surface area contributed by atoms with Crippen molar-refractivity contribution in [3.8, 4) is 0 Å². The number of aromatic amines is 1. The standard InChI is InChI=1S/C25H34N4OS2/c1-5-28(6-2)11-8-10-26-25(31)29(17-22-9-7-12-32-22)16-21-15-20-13-18(3)19(4)14-23(20)27-24(21)30/h7,9,12-15H,5-6,8,10-11,16-17H2,1-4H3,(H,26,31)(H,27,30). The van der Waals surface area contributed by atoms with Crippen LogP contribution in [0.25, 0.3) is 10.9 Å². The fourth-order valence-corrected chi connectivity index (χ4v) is 4.74. The van der Waals surface area contributed by atoms with E-state index in [1.54, 1.807) is 11.3 Å². The summed E-state index contributed by atoms with van der Waals surface area (Å²) in [4.78, 5) is 21.6. The van der Waals surface area contributed by atoms with Gasteiger partial charge in [-0.05, 0) is 98.3 Å². The van der Waals surface area contributed by atoms with Crippen molar-refractivity contribution in [3.63, 3.8) is 0 Å². The van der Waals surface area contributed by atoms with E-state index in [1.807, 2.05) is 18.2 Å². The molecule has 32 heavy (non-hydrogen) atoms. The van der Waals surface area contributed by atoms with E-state index < -0.39 is 0 Å². The molecular formula is C25H34N4OS2. The van der Waals surface area contributed by atoms with Gasteiger partial charge in [-0.25, -0.2) is 0 Å². The monoisotopic (exact) mass is 470 g/mol. The first kappa shape index (κ1) is 24.4. The van der Waals surface area contributed by atoms with Crippen LogP contribution in [-0.4, -0.2) is 46.1 Å². The van der Waals surface area contributed by atoms with Crippen LogP contribution in [-0.2, 0) is 13.1 Å². The number of rotatable bonds is 10. The molecule has 0 aliphatic carbocycles. The molecule has 2 aromatic heterocycles. The smallest absolute Gasteiger partial charge is 0.253 e. The second-order valence-corrected chi connectivity index (χ2v) is 9.61. The molecule has 0 aliphatic rings. The van der Waals surface area contributed by atoms with Gasteiger partial charge < -0.3 is 20.1 Å². The molecule has 2 heterocycles. The van der Waals surface area contributed by atoms with Crippen molar-refractivity contribution in [2.75, 3.05) is 26.2 Å². The summed E-state index contributed by atoms with van der Waals surface area (Å²) < 4.78 is 0. The number of hydrogen-bond donors (Lipinski definition) is 2. The van der Waals surface area contributed by atoms with E-state index >= 15 is 0 Å². The number of H-pyrrole nitrogens is 1. The first-order valence-electron chi connectivity index (χ1n) is 11.3. The van der Waals surface area contributed by atoms with E-state index in [1.165, 1.54) is 16.0 Å². The van der Waals surface area contributed by atoms with Crippen LogP contribution in [0.5, 0.6) is 0 Å². The van der Waals surface area contributed by atoms with Gasteiger partial charge in [0.2, 0.25) is 0 Å². The van der Waals surface area contributed by atoms with Crippen LogP contribution < -0.4 is 10.9 Å². The molecule has 2 N–H and O–H groups in total. The molecule has 0 spiro atoms. The number of benzene rings is 1. The minimum absolute atomic E-state index is 0.0544. The Hall–Kier alpha value is -2.22. The number of fused-ring (bicyclic) bond motifs is 1. The predicted molar refractivity (Wildman–Crippen MR) is 141 cm³/mol. The lowest BCUT2D eigenvalue weighted by Crippen LogP contribution is -2.40. The van der Waals surface area contributed by atoms with Crippen molar-refractivity contribution in [2.24, 2.45) is 0 Å². The molecule has 172 valence electrons. The third-order valence-corrected chi connectivity index (χ3v) is 7.20. The Morgan fingerprint density at radius 3 is 2.56 bits per heavy atom. The van der Waals surface area contributed by atoms with E-state index in [-0.39, 0.29) is 5.56 Å². The zero-order valence-electron chi connectivity index (χ0n) is 19.5. The van der Waals surface area contributed by atoms with Gasteiger partial charge in [-0.2, -0.15) is 0 Å². The SMILES string of the molecule is CCN(CC)CCCNC(=S)N(Cc1cccs1)Cc1cc2cc(C)c(C)cc2[nH]c1=O. The highest BCUT2D eigenvalue weighted by atomic mass is 32.1. The number of thiophene rings is 1. The van der Waals surface area contributed by atoms with Gasteiger partial charge in [0.25, 0.3) is 5.56 Å². The lowest BCUT2D eigenvalue weighted by Gasteiger charge is -2.26. The van der Waals surface area contributed by atoms with E-state index in [0.717, 1.165) is 49.1 Å². The molecule has 3 aromatic rings. The largest absolute Gasteiger partial charge is 0.363 e. The van der Waals surface area contributed by atoms with Gasteiger partial charge in [-0.3, -0.25) is 4.79 Å². The molecule has 0 aliphatic heterocycles. The highest BCUT2D eigenvalue weighted by Gasteiger charge is 2.15. The van der Waals surface area contributed by atoms with Gasteiger partial charge in [0.15, 0.2) is 5.11 Å². The van der Waals surface area contributed by atoms with Gasteiger partial charge >= 0.3 is 0 Å². The highest BCUT2D eigenvalue weighted by molar-refractivity contribution is 7.80. The Morgan fingerprint density at radius 1 is 1.12 bits per heavy atom. The number of pyridine rings is 1. The summed E-state index contributed by atoms with van der Waals surface area (Å²) in [5.74, 6) is 0. The normalized spacial score (nSPS) is 11.3. The topological polar surface area (TPSA) is 51.4 Å². The number of aryl methyl sites for hydroxylation is 2. The van der Waals surface area contributed by atoms with Crippen molar-refractivity contribution in [3.05, 3.63) is 67.6 Å². The zero-order chi connectivity index (χ0) is 23.1. The first-order valence-corrected chi connectivity index (χ1v) is 12.6. The Labute approximate surface area is 200 Å². The van der Waals surface area contributed by atoms with Gasteiger partial charge in [0, 0.05) is 22.5 Å². The van der Waals surface area contributed by atoms with Crippen LogP contribution in [0.15, 0.2) is 40.5 Å². The van der Waals surface area contributed by atoms with Gasteiger partial charge in [0.05, 0.1) is 13.1 Å². The van der Waals surface area contributed by atoms with Gasteiger partial charge in [-0.1, -0.05) is 19.9 Å². The third kappa shape index (κ3) is 6.40. The fraction of sp³-hybridized carbons (Fsp3) is 0.440. The van der Waals surface area contributed by atoms with Crippen molar-refractivity contribution in [1.82, 2.24) is 20.1 Å². The molecular weight excluding hydrogens is 436 g/mol. The van der Waals surface area contributed by atoms with Crippen LogP contribution >= 0.6 is 23.6 Å². The van der Waals surface area contributed by atoms with Crippen molar-refractivity contribution in [2.45, 2.75) is 47.2 Å². The molecule has 0 unspecified atom stereocenters. The molecule has 7 heteroatoms. The Balaban J connectivity index is 1.75. The average molecular weight is 471 g/mol. The second kappa shape index (κ2) is 11.6. The molecule has 0 saturated heterocycles. The van der Waals surface area contributed by atoms with Crippen molar-refractivity contribution in [1.29, 1.82) is 0 Å². The zero-order valence-corrected chi connectivity index (χ0v) is 21.2. The highest BCUT2D eigenvalue weighted by Crippen LogP contribution is 2.19. The number of nitrogens with one attached hydrogen (secondary N) is 2. The number of hydrogen-bond acceptors (Lipinski definition) is 4.